The summed E-state index contributed by atoms with van der Waals surface area (Å²) in [5.41, 5.74) is 2.58. The Hall–Kier alpha value is -3.52. The first kappa shape index (κ1) is 25.6. The number of methoxy groups -OCH3 is 1. The average Bonchev–Trinajstić information content (AvgIpc) is 2.92. The maximum Gasteiger partial charge on any atom is 0.264 e. The van der Waals surface area contributed by atoms with Crippen LogP contribution in [0.15, 0.2) is 83.8 Å². The molecular formula is C28H33N3O4S. The van der Waals surface area contributed by atoms with Crippen molar-refractivity contribution in [2.24, 2.45) is 0 Å². The summed E-state index contributed by atoms with van der Waals surface area (Å²) in [6, 6.07) is 22.8. The molecule has 1 unspecified atom stereocenters. The number of carbonyl (C=O) groups is 1. The maximum absolute atomic E-state index is 13.5. The van der Waals surface area contributed by atoms with Crippen molar-refractivity contribution in [1.29, 1.82) is 0 Å². The number of para-hydroxylation sites is 1. The molecule has 0 aliphatic carbocycles. The maximum atomic E-state index is 13.5. The van der Waals surface area contributed by atoms with Crippen molar-refractivity contribution in [3.63, 3.8) is 0 Å². The zero-order valence-corrected chi connectivity index (χ0v) is 21.6. The van der Waals surface area contributed by atoms with E-state index in [0.717, 1.165) is 23.0 Å². The Balaban J connectivity index is 1.48. The minimum Gasteiger partial charge on any atom is -0.497 e. The third-order valence-corrected chi connectivity index (χ3v) is 8.26. The number of nitrogens with zero attached hydrogens (tertiary/aromatic N) is 2. The number of rotatable bonds is 9. The second-order valence-electron chi connectivity index (χ2n) is 8.95. The summed E-state index contributed by atoms with van der Waals surface area (Å²) >= 11 is 0. The fraction of sp³-hybridized carbons (Fsp3) is 0.321. The van der Waals surface area contributed by atoms with Crippen LogP contribution in [0.1, 0.15) is 37.8 Å². The lowest BCUT2D eigenvalue weighted by atomic mass is 10.1. The molecule has 4 rings (SSSR count). The number of benzene rings is 3. The van der Waals surface area contributed by atoms with Gasteiger partial charge in [0.25, 0.3) is 10.0 Å². The number of hydrogen-bond acceptors (Lipinski definition) is 5. The predicted octanol–water partition coefficient (Wildman–Crippen LogP) is 4.76. The van der Waals surface area contributed by atoms with Crippen LogP contribution in [0.25, 0.3) is 0 Å². The van der Waals surface area contributed by atoms with Gasteiger partial charge in [-0.25, -0.2) is 8.42 Å². The Morgan fingerprint density at radius 1 is 0.944 bits per heavy atom. The van der Waals surface area contributed by atoms with Gasteiger partial charge < -0.3 is 15.0 Å². The lowest BCUT2D eigenvalue weighted by Crippen LogP contribution is -2.41. The number of piperidine rings is 1. The van der Waals surface area contributed by atoms with Gasteiger partial charge in [0, 0.05) is 18.8 Å². The Kier molecular flexibility index (Phi) is 8.15. The molecule has 0 aromatic heterocycles. The minimum atomic E-state index is -3.98. The van der Waals surface area contributed by atoms with Crippen LogP contribution in [0.3, 0.4) is 0 Å². The molecule has 1 atom stereocenters. The summed E-state index contributed by atoms with van der Waals surface area (Å²) in [5, 5.41) is 2.96. The molecule has 0 radical (unpaired) electrons. The average molecular weight is 508 g/mol. The van der Waals surface area contributed by atoms with E-state index in [4.69, 9.17) is 4.74 Å². The van der Waals surface area contributed by atoms with E-state index < -0.39 is 10.0 Å². The molecule has 3 aromatic carbocycles. The van der Waals surface area contributed by atoms with Crippen LogP contribution in [0, 0.1) is 0 Å². The molecule has 36 heavy (non-hydrogen) atoms. The molecule has 8 heteroatoms. The quantitative estimate of drug-likeness (QED) is 0.452. The van der Waals surface area contributed by atoms with Crippen molar-refractivity contribution < 1.29 is 17.9 Å². The number of carbonyl (C=O) groups excluding carboxylic acids is 1. The molecule has 190 valence electrons. The summed E-state index contributed by atoms with van der Waals surface area (Å²) in [5.74, 6) is 0.168. The second-order valence-corrected chi connectivity index (χ2v) is 10.8. The molecule has 1 heterocycles. The monoisotopic (exact) mass is 507 g/mol. The van der Waals surface area contributed by atoms with E-state index in [9.17, 15) is 13.2 Å². The number of hydrogen-bond donors (Lipinski definition) is 1. The first-order valence-corrected chi connectivity index (χ1v) is 13.7. The summed E-state index contributed by atoms with van der Waals surface area (Å²) in [7, 11) is -2.46. The van der Waals surface area contributed by atoms with Gasteiger partial charge in [-0.1, -0.05) is 30.3 Å². The van der Waals surface area contributed by atoms with Crippen LogP contribution < -0.4 is 19.3 Å². The van der Waals surface area contributed by atoms with E-state index in [1.54, 1.807) is 42.5 Å². The fourth-order valence-corrected chi connectivity index (χ4v) is 5.83. The van der Waals surface area contributed by atoms with Crippen molar-refractivity contribution in [2.45, 2.75) is 37.1 Å². The third-order valence-electron chi connectivity index (χ3n) is 6.47. The minimum absolute atomic E-state index is 0.0845. The van der Waals surface area contributed by atoms with Gasteiger partial charge in [0.1, 0.15) is 12.3 Å². The first-order chi connectivity index (χ1) is 17.4. The van der Waals surface area contributed by atoms with Gasteiger partial charge in [-0.3, -0.25) is 9.10 Å². The molecule has 1 aliphatic rings. The van der Waals surface area contributed by atoms with Crippen LogP contribution >= 0.6 is 0 Å². The number of anilines is 2. The molecule has 1 N–H and O–H groups in total. The number of sulfonamides is 1. The van der Waals surface area contributed by atoms with Gasteiger partial charge in [-0.15, -0.1) is 0 Å². The smallest absolute Gasteiger partial charge is 0.264 e. The Labute approximate surface area is 213 Å². The van der Waals surface area contributed by atoms with E-state index in [1.807, 2.05) is 19.1 Å². The van der Waals surface area contributed by atoms with Crippen molar-refractivity contribution in [1.82, 2.24) is 5.32 Å². The van der Waals surface area contributed by atoms with Crippen LogP contribution in [0.5, 0.6) is 5.75 Å². The van der Waals surface area contributed by atoms with Crippen LogP contribution in [-0.4, -0.2) is 41.1 Å². The molecule has 0 spiro atoms. The SMILES string of the molecule is COc1ccc(S(=O)(=O)N(CC(=O)NC(C)c2ccc(N3CCCCC3)cc2)c2ccccc2)cc1. The van der Waals surface area contributed by atoms with Crippen molar-refractivity contribution in [3.05, 3.63) is 84.4 Å². The zero-order chi connectivity index (χ0) is 25.5. The summed E-state index contributed by atoms with van der Waals surface area (Å²) in [6.07, 6.45) is 3.71. The van der Waals surface area contributed by atoms with Crippen molar-refractivity contribution in [3.8, 4) is 5.75 Å². The van der Waals surface area contributed by atoms with Gasteiger partial charge in [0.05, 0.1) is 23.7 Å². The van der Waals surface area contributed by atoms with Gasteiger partial charge in [-0.05, 0) is 80.3 Å². The Morgan fingerprint density at radius 2 is 1.58 bits per heavy atom. The molecule has 7 nitrogen and oxygen atoms in total. The predicted molar refractivity (Wildman–Crippen MR) is 143 cm³/mol. The Morgan fingerprint density at radius 3 is 2.19 bits per heavy atom. The van der Waals surface area contributed by atoms with Gasteiger partial charge >= 0.3 is 0 Å². The van der Waals surface area contributed by atoms with Crippen LogP contribution in [-0.2, 0) is 14.8 Å². The lowest BCUT2D eigenvalue weighted by molar-refractivity contribution is -0.120. The summed E-state index contributed by atoms with van der Waals surface area (Å²) < 4.78 is 33.3. The van der Waals surface area contributed by atoms with Gasteiger partial charge in [0.15, 0.2) is 0 Å². The third kappa shape index (κ3) is 5.99. The largest absolute Gasteiger partial charge is 0.497 e. The van der Waals surface area contributed by atoms with Crippen molar-refractivity contribution >= 4 is 27.3 Å². The highest BCUT2D eigenvalue weighted by Crippen LogP contribution is 2.26. The number of amides is 1. The summed E-state index contributed by atoms with van der Waals surface area (Å²) in [6.45, 7) is 3.71. The van der Waals surface area contributed by atoms with Crippen LogP contribution in [0.4, 0.5) is 11.4 Å². The molecule has 1 fully saturated rings. The zero-order valence-electron chi connectivity index (χ0n) is 20.8. The lowest BCUT2D eigenvalue weighted by Gasteiger charge is -2.29. The van der Waals surface area contributed by atoms with E-state index in [0.29, 0.717) is 11.4 Å². The number of ether oxygens (including phenoxy) is 1. The molecule has 3 aromatic rings. The van der Waals surface area contributed by atoms with Crippen molar-refractivity contribution in [2.75, 3.05) is 35.9 Å². The fourth-order valence-electron chi connectivity index (χ4n) is 4.41. The molecule has 1 saturated heterocycles. The van der Waals surface area contributed by atoms with E-state index in [2.05, 4.69) is 22.3 Å². The Bertz CT molecular complexity index is 1240. The highest BCUT2D eigenvalue weighted by Gasteiger charge is 2.27. The van der Waals surface area contributed by atoms with Crippen LogP contribution in [0.2, 0.25) is 0 Å². The first-order valence-electron chi connectivity index (χ1n) is 12.2. The molecule has 0 saturated carbocycles. The second kappa shape index (κ2) is 11.5. The van der Waals surface area contributed by atoms with Gasteiger partial charge in [-0.2, -0.15) is 0 Å². The highest BCUT2D eigenvalue weighted by molar-refractivity contribution is 7.92. The number of nitrogens with one attached hydrogen (secondary N) is 1. The molecular weight excluding hydrogens is 474 g/mol. The molecule has 1 aliphatic heterocycles. The molecule has 1 amide bonds. The standard InChI is InChI=1S/C28H33N3O4S/c1-22(23-11-13-24(14-12-23)30-19-7-4-8-20-30)29-28(32)21-31(25-9-5-3-6-10-25)36(33,34)27-17-15-26(35-2)16-18-27/h3,5-6,9-18,22H,4,7-8,19-21H2,1-2H3,(H,29,32). The van der Waals surface area contributed by atoms with E-state index in [1.165, 1.54) is 44.2 Å². The van der Waals surface area contributed by atoms with Gasteiger partial charge in [0.2, 0.25) is 5.91 Å². The summed E-state index contributed by atoms with van der Waals surface area (Å²) in [4.78, 5) is 15.5. The topological polar surface area (TPSA) is 79.0 Å². The molecule has 0 bridgehead atoms. The van der Waals surface area contributed by atoms with E-state index in [-0.39, 0.29) is 23.4 Å². The highest BCUT2D eigenvalue weighted by atomic mass is 32.2. The normalized spacial score (nSPS) is 14.7. The van der Waals surface area contributed by atoms with E-state index >= 15 is 0 Å².